The maximum Gasteiger partial charge on any atom is 0.348 e. The van der Waals surface area contributed by atoms with Crippen LogP contribution >= 0.6 is 11.3 Å². The van der Waals surface area contributed by atoms with Crippen molar-refractivity contribution < 1.29 is 14.5 Å². The van der Waals surface area contributed by atoms with Gasteiger partial charge in [0.1, 0.15) is 4.88 Å². The van der Waals surface area contributed by atoms with Gasteiger partial charge in [0.05, 0.1) is 12.0 Å². The maximum absolute atomic E-state index is 11.1. The zero-order valence-corrected chi connectivity index (χ0v) is 9.53. The number of ether oxygens (including phenoxy) is 1. The largest absolute Gasteiger partial charge is 0.465 e. The van der Waals surface area contributed by atoms with Crippen molar-refractivity contribution in [2.75, 3.05) is 7.11 Å². The second-order valence-corrected chi connectivity index (χ2v) is 4.13. The average molecular weight is 241 g/mol. The number of thiophene rings is 1. The molecule has 6 heteroatoms. The fourth-order valence-electron chi connectivity index (χ4n) is 1.11. The quantitative estimate of drug-likeness (QED) is 0.450. The zero-order valence-electron chi connectivity index (χ0n) is 8.71. The predicted molar refractivity (Wildman–Crippen MR) is 60.1 cm³/mol. The van der Waals surface area contributed by atoms with Crippen molar-refractivity contribution in [1.29, 1.82) is 0 Å². The molecule has 0 N–H and O–H groups in total. The molecule has 0 amide bonds. The lowest BCUT2D eigenvalue weighted by molar-refractivity contribution is -0.402. The first-order valence-corrected chi connectivity index (χ1v) is 5.42. The van der Waals surface area contributed by atoms with Crippen LogP contribution in [0.25, 0.3) is 0 Å². The Labute approximate surface area is 96.5 Å². The summed E-state index contributed by atoms with van der Waals surface area (Å²) < 4.78 is 4.57. The van der Waals surface area contributed by atoms with Crippen LogP contribution in [-0.2, 0) is 11.2 Å². The van der Waals surface area contributed by atoms with Gasteiger partial charge in [-0.25, -0.2) is 4.79 Å². The minimum atomic E-state index is -0.492. The van der Waals surface area contributed by atoms with Gasteiger partial charge in [-0.2, -0.15) is 0 Å². The number of hydrogen-bond donors (Lipinski definition) is 0. The van der Waals surface area contributed by atoms with Crippen molar-refractivity contribution in [2.45, 2.75) is 12.8 Å². The van der Waals surface area contributed by atoms with Gasteiger partial charge in [-0.1, -0.05) is 0 Å². The van der Waals surface area contributed by atoms with Crippen molar-refractivity contribution in [3.05, 3.63) is 44.3 Å². The zero-order chi connectivity index (χ0) is 12.0. The van der Waals surface area contributed by atoms with Gasteiger partial charge in [-0.15, -0.1) is 11.3 Å². The molecule has 0 radical (unpaired) electrons. The molecular weight excluding hydrogens is 230 g/mol. The van der Waals surface area contributed by atoms with E-state index in [0.29, 0.717) is 17.7 Å². The summed E-state index contributed by atoms with van der Waals surface area (Å²) in [7, 11) is 1.33. The summed E-state index contributed by atoms with van der Waals surface area (Å²) in [6.07, 6.45) is 3.69. The Morgan fingerprint density at radius 1 is 1.62 bits per heavy atom. The van der Waals surface area contributed by atoms with Crippen molar-refractivity contribution in [2.24, 2.45) is 0 Å². The molecule has 0 aliphatic heterocycles. The number of rotatable bonds is 5. The van der Waals surface area contributed by atoms with E-state index in [0.717, 1.165) is 11.1 Å². The summed E-state index contributed by atoms with van der Waals surface area (Å²) in [5, 5.41) is 10.0. The Hall–Kier alpha value is -1.69. The highest BCUT2D eigenvalue weighted by molar-refractivity contribution is 7.13. The van der Waals surface area contributed by atoms with Crippen molar-refractivity contribution in [1.82, 2.24) is 0 Å². The fourth-order valence-corrected chi connectivity index (χ4v) is 2.05. The third kappa shape index (κ3) is 3.82. The van der Waals surface area contributed by atoms with Gasteiger partial charge in [0.25, 0.3) is 0 Å². The molecule has 0 unspecified atom stereocenters. The third-order valence-electron chi connectivity index (χ3n) is 1.83. The van der Waals surface area contributed by atoms with Crippen LogP contribution in [-0.4, -0.2) is 18.0 Å². The first-order valence-electron chi connectivity index (χ1n) is 4.60. The highest BCUT2D eigenvalue weighted by Crippen LogP contribution is 2.18. The van der Waals surface area contributed by atoms with Crippen molar-refractivity contribution in [3.63, 3.8) is 0 Å². The summed E-state index contributed by atoms with van der Waals surface area (Å²) in [6.45, 7) is 0. The third-order valence-corrected chi connectivity index (χ3v) is 2.96. The molecule has 1 aromatic heterocycles. The molecule has 1 heterocycles. The van der Waals surface area contributed by atoms with Crippen LogP contribution in [0.1, 0.15) is 21.0 Å². The average Bonchev–Trinajstić information content (AvgIpc) is 2.71. The molecule has 0 saturated heterocycles. The maximum atomic E-state index is 11.1. The van der Waals surface area contributed by atoms with E-state index in [4.69, 9.17) is 0 Å². The van der Waals surface area contributed by atoms with Crippen LogP contribution in [0.5, 0.6) is 0 Å². The molecule has 1 aromatic rings. The van der Waals surface area contributed by atoms with E-state index in [1.54, 1.807) is 6.07 Å². The predicted octanol–water partition coefficient (Wildman–Crippen LogP) is 2.26. The Balaban J connectivity index is 2.46. The van der Waals surface area contributed by atoms with Crippen LogP contribution in [0.2, 0.25) is 0 Å². The molecule has 0 atom stereocenters. The number of nitro groups is 1. The summed E-state index contributed by atoms with van der Waals surface area (Å²) >= 11 is 1.35. The summed E-state index contributed by atoms with van der Waals surface area (Å²) in [5.74, 6) is -0.350. The minimum Gasteiger partial charge on any atom is -0.465 e. The van der Waals surface area contributed by atoms with Gasteiger partial charge in [0.2, 0.25) is 6.20 Å². The standard InChI is InChI=1S/C10H11NO4S/c1-15-10(12)9-6-5-8(16-9)4-2-3-7-11(13)14/h3,5-7H,2,4H2,1H3. The van der Waals surface area contributed by atoms with Crippen molar-refractivity contribution in [3.8, 4) is 0 Å². The lowest BCUT2D eigenvalue weighted by Crippen LogP contribution is -1.96. The molecule has 0 spiro atoms. The summed E-state index contributed by atoms with van der Waals surface area (Å²) in [5.41, 5.74) is 0. The van der Waals surface area contributed by atoms with Crippen LogP contribution in [0.4, 0.5) is 0 Å². The number of carbonyl (C=O) groups is 1. The molecule has 0 fully saturated rings. The Kier molecular flexibility index (Phi) is 4.65. The number of carbonyl (C=O) groups excluding carboxylic acids is 1. The number of aryl methyl sites for hydroxylation is 1. The fraction of sp³-hybridized carbons (Fsp3) is 0.300. The molecule has 0 bridgehead atoms. The van der Waals surface area contributed by atoms with E-state index in [-0.39, 0.29) is 5.97 Å². The van der Waals surface area contributed by atoms with Gasteiger partial charge < -0.3 is 4.74 Å². The summed E-state index contributed by atoms with van der Waals surface area (Å²) in [6, 6.07) is 3.53. The topological polar surface area (TPSA) is 69.4 Å². The monoisotopic (exact) mass is 241 g/mol. The lowest BCUT2D eigenvalue weighted by atomic mass is 10.2. The number of allylic oxidation sites excluding steroid dienone is 1. The molecule has 0 aliphatic carbocycles. The molecular formula is C10H11NO4S. The molecule has 16 heavy (non-hydrogen) atoms. The first-order chi connectivity index (χ1) is 7.63. The normalized spacial score (nSPS) is 10.6. The lowest BCUT2D eigenvalue weighted by Gasteiger charge is -1.92. The van der Waals surface area contributed by atoms with E-state index in [9.17, 15) is 14.9 Å². The highest BCUT2D eigenvalue weighted by Gasteiger charge is 2.08. The number of hydrogen-bond acceptors (Lipinski definition) is 5. The van der Waals surface area contributed by atoms with Crippen LogP contribution in [0, 0.1) is 10.1 Å². The molecule has 0 saturated carbocycles. The van der Waals surface area contributed by atoms with Crippen LogP contribution in [0.15, 0.2) is 24.4 Å². The van der Waals surface area contributed by atoms with Gasteiger partial charge in [0, 0.05) is 4.88 Å². The van der Waals surface area contributed by atoms with E-state index >= 15 is 0 Å². The molecule has 0 aromatic carbocycles. The smallest absolute Gasteiger partial charge is 0.348 e. The Morgan fingerprint density at radius 3 is 3.00 bits per heavy atom. The van der Waals surface area contributed by atoms with Crippen molar-refractivity contribution >= 4 is 17.3 Å². The molecule has 86 valence electrons. The number of nitrogens with zero attached hydrogens (tertiary/aromatic N) is 1. The van der Waals surface area contributed by atoms with E-state index in [1.165, 1.54) is 24.5 Å². The molecule has 0 aliphatic rings. The highest BCUT2D eigenvalue weighted by atomic mass is 32.1. The first kappa shape index (κ1) is 12.4. The SMILES string of the molecule is COC(=O)c1ccc(CCC=C[N+](=O)[O-])s1. The van der Waals surface area contributed by atoms with Gasteiger partial charge in [-0.05, 0) is 31.1 Å². The Morgan fingerprint density at radius 2 is 2.38 bits per heavy atom. The molecule has 5 nitrogen and oxygen atoms in total. The van der Waals surface area contributed by atoms with Gasteiger partial charge in [-0.3, -0.25) is 10.1 Å². The van der Waals surface area contributed by atoms with Crippen LogP contribution in [0.3, 0.4) is 0 Å². The Bertz CT molecular complexity index is 411. The van der Waals surface area contributed by atoms with Gasteiger partial charge >= 0.3 is 5.97 Å². The van der Waals surface area contributed by atoms with E-state index < -0.39 is 4.92 Å². The van der Waals surface area contributed by atoms with E-state index in [2.05, 4.69) is 4.74 Å². The molecule has 1 rings (SSSR count). The number of esters is 1. The van der Waals surface area contributed by atoms with E-state index in [1.807, 2.05) is 6.07 Å². The van der Waals surface area contributed by atoms with Gasteiger partial charge in [0.15, 0.2) is 0 Å². The second-order valence-electron chi connectivity index (χ2n) is 2.97. The second kappa shape index (κ2) is 6.02. The van der Waals surface area contributed by atoms with Crippen LogP contribution < -0.4 is 0 Å². The minimum absolute atomic E-state index is 0.350. The number of methoxy groups -OCH3 is 1. The summed E-state index contributed by atoms with van der Waals surface area (Å²) in [4.78, 5) is 22.2.